The molecule has 4 nitrogen and oxygen atoms in total. The van der Waals surface area contributed by atoms with Gasteiger partial charge in [-0.3, -0.25) is 4.79 Å². The third kappa shape index (κ3) is 3.30. The summed E-state index contributed by atoms with van der Waals surface area (Å²) in [6, 6.07) is 24.3. The minimum absolute atomic E-state index is 0.260. The molecule has 0 radical (unpaired) electrons. The van der Waals surface area contributed by atoms with Crippen molar-refractivity contribution in [3.8, 4) is 11.5 Å². The van der Waals surface area contributed by atoms with E-state index in [1.807, 2.05) is 73.7 Å². The highest BCUT2D eigenvalue weighted by Crippen LogP contribution is 2.30. The molecule has 1 N–H and O–H groups in total. The number of carbonyl (C=O) groups excluding carboxylic acids is 1. The van der Waals surface area contributed by atoms with Crippen molar-refractivity contribution in [2.75, 3.05) is 5.32 Å². The quantitative estimate of drug-likeness (QED) is 0.510. The summed E-state index contributed by atoms with van der Waals surface area (Å²) >= 11 is 0. The number of hydrogen-bond donors (Lipinski definition) is 1. The second-order valence-electron chi connectivity index (χ2n) is 6.01. The first kappa shape index (κ1) is 16.0. The lowest BCUT2D eigenvalue weighted by Crippen LogP contribution is -2.11. The number of furan rings is 1. The minimum Gasteiger partial charge on any atom is -0.455 e. The monoisotopic (exact) mass is 343 g/mol. The molecule has 1 amide bonds. The molecule has 0 aliphatic carbocycles. The van der Waals surface area contributed by atoms with E-state index in [0.29, 0.717) is 22.8 Å². The van der Waals surface area contributed by atoms with Crippen LogP contribution in [0.2, 0.25) is 0 Å². The Balaban J connectivity index is 1.57. The van der Waals surface area contributed by atoms with E-state index in [4.69, 9.17) is 9.15 Å². The van der Waals surface area contributed by atoms with Crippen LogP contribution in [0.25, 0.3) is 11.0 Å². The van der Waals surface area contributed by atoms with Crippen LogP contribution in [-0.4, -0.2) is 5.91 Å². The van der Waals surface area contributed by atoms with Gasteiger partial charge in [-0.05, 0) is 43.3 Å². The van der Waals surface area contributed by atoms with Crippen molar-refractivity contribution >= 4 is 22.6 Å². The zero-order valence-corrected chi connectivity index (χ0v) is 14.2. The lowest BCUT2D eigenvalue weighted by molar-refractivity contribution is 0.0998. The molecule has 4 aromatic rings. The molecule has 0 bridgehead atoms. The van der Waals surface area contributed by atoms with Crippen molar-refractivity contribution < 1.29 is 13.9 Å². The van der Waals surface area contributed by atoms with Crippen LogP contribution in [0.5, 0.6) is 11.5 Å². The van der Waals surface area contributed by atoms with Gasteiger partial charge in [0.2, 0.25) is 0 Å². The summed E-state index contributed by atoms with van der Waals surface area (Å²) in [5.74, 6) is 1.22. The number of aryl methyl sites for hydroxylation is 1. The standard InChI is InChI=1S/C22H17NO3/c1-15-10-12-17(13-11-15)25-20-9-5-3-7-18(20)23-22(24)21-14-16-6-2-4-8-19(16)26-21/h2-14H,1H3,(H,23,24). The van der Waals surface area contributed by atoms with E-state index in [9.17, 15) is 4.79 Å². The van der Waals surface area contributed by atoms with Crippen LogP contribution in [-0.2, 0) is 0 Å². The Morgan fingerprint density at radius 2 is 1.65 bits per heavy atom. The molecule has 26 heavy (non-hydrogen) atoms. The maximum atomic E-state index is 12.6. The molecule has 0 fully saturated rings. The van der Waals surface area contributed by atoms with Crippen LogP contribution >= 0.6 is 0 Å². The van der Waals surface area contributed by atoms with E-state index >= 15 is 0 Å². The van der Waals surface area contributed by atoms with E-state index in [0.717, 1.165) is 10.9 Å². The number of fused-ring (bicyclic) bond motifs is 1. The maximum absolute atomic E-state index is 12.6. The summed E-state index contributed by atoms with van der Waals surface area (Å²) < 4.78 is 11.5. The predicted molar refractivity (Wildman–Crippen MR) is 102 cm³/mol. The Hall–Kier alpha value is -3.53. The average Bonchev–Trinajstić information content (AvgIpc) is 3.09. The molecule has 0 saturated carbocycles. The zero-order chi connectivity index (χ0) is 17.9. The fraction of sp³-hybridized carbons (Fsp3) is 0.0455. The van der Waals surface area contributed by atoms with Crippen LogP contribution in [0.3, 0.4) is 0 Å². The molecule has 4 heteroatoms. The van der Waals surface area contributed by atoms with Gasteiger partial charge in [-0.25, -0.2) is 0 Å². The van der Waals surface area contributed by atoms with Gasteiger partial charge in [0.05, 0.1) is 5.69 Å². The van der Waals surface area contributed by atoms with E-state index in [-0.39, 0.29) is 11.7 Å². The first-order chi connectivity index (χ1) is 12.7. The van der Waals surface area contributed by atoms with E-state index in [2.05, 4.69) is 5.32 Å². The van der Waals surface area contributed by atoms with Crippen LogP contribution in [0, 0.1) is 6.92 Å². The summed E-state index contributed by atoms with van der Waals surface area (Å²) in [4.78, 5) is 12.6. The number of anilines is 1. The van der Waals surface area contributed by atoms with Gasteiger partial charge in [0, 0.05) is 5.39 Å². The second kappa shape index (κ2) is 6.76. The van der Waals surface area contributed by atoms with E-state index in [1.54, 1.807) is 12.1 Å². The van der Waals surface area contributed by atoms with Crippen LogP contribution in [0.4, 0.5) is 5.69 Å². The molecule has 3 aromatic carbocycles. The van der Waals surface area contributed by atoms with Crippen molar-refractivity contribution in [2.24, 2.45) is 0 Å². The number of benzene rings is 3. The van der Waals surface area contributed by atoms with Crippen molar-refractivity contribution in [3.63, 3.8) is 0 Å². The van der Waals surface area contributed by atoms with Gasteiger partial charge in [-0.2, -0.15) is 0 Å². The van der Waals surface area contributed by atoms with Gasteiger partial charge in [0.25, 0.3) is 5.91 Å². The first-order valence-electron chi connectivity index (χ1n) is 8.32. The van der Waals surface area contributed by atoms with E-state index in [1.165, 1.54) is 0 Å². The number of amides is 1. The first-order valence-corrected chi connectivity index (χ1v) is 8.32. The number of rotatable bonds is 4. The van der Waals surface area contributed by atoms with Crippen molar-refractivity contribution in [1.29, 1.82) is 0 Å². The molecule has 4 rings (SSSR count). The molecule has 1 heterocycles. The fourth-order valence-electron chi connectivity index (χ4n) is 2.67. The van der Waals surface area contributed by atoms with Gasteiger partial charge >= 0.3 is 0 Å². The normalized spacial score (nSPS) is 10.7. The van der Waals surface area contributed by atoms with Crippen molar-refractivity contribution in [2.45, 2.75) is 6.92 Å². The Morgan fingerprint density at radius 3 is 2.46 bits per heavy atom. The van der Waals surface area contributed by atoms with Gasteiger partial charge in [0.15, 0.2) is 11.5 Å². The lowest BCUT2D eigenvalue weighted by Gasteiger charge is -2.11. The Bertz CT molecular complexity index is 1030. The van der Waals surface area contributed by atoms with Crippen molar-refractivity contribution in [1.82, 2.24) is 0 Å². The van der Waals surface area contributed by atoms with Gasteiger partial charge in [0.1, 0.15) is 11.3 Å². The largest absolute Gasteiger partial charge is 0.455 e. The molecular weight excluding hydrogens is 326 g/mol. The number of nitrogens with one attached hydrogen (secondary N) is 1. The molecule has 0 aliphatic rings. The molecule has 0 saturated heterocycles. The second-order valence-corrected chi connectivity index (χ2v) is 6.01. The van der Waals surface area contributed by atoms with Crippen molar-refractivity contribution in [3.05, 3.63) is 90.2 Å². The molecular formula is C22H17NO3. The van der Waals surface area contributed by atoms with Gasteiger partial charge in [-0.15, -0.1) is 0 Å². The molecule has 0 spiro atoms. The zero-order valence-electron chi connectivity index (χ0n) is 14.2. The van der Waals surface area contributed by atoms with Gasteiger partial charge < -0.3 is 14.5 Å². The fourth-order valence-corrected chi connectivity index (χ4v) is 2.67. The third-order valence-corrected chi connectivity index (χ3v) is 4.03. The van der Waals surface area contributed by atoms with Crippen LogP contribution < -0.4 is 10.1 Å². The number of para-hydroxylation sites is 3. The average molecular weight is 343 g/mol. The molecule has 0 unspecified atom stereocenters. The Morgan fingerprint density at radius 1 is 0.923 bits per heavy atom. The maximum Gasteiger partial charge on any atom is 0.291 e. The molecule has 1 aromatic heterocycles. The summed E-state index contributed by atoms with van der Waals surface area (Å²) in [5, 5.41) is 3.75. The molecule has 128 valence electrons. The SMILES string of the molecule is Cc1ccc(Oc2ccccc2NC(=O)c2cc3ccccc3o2)cc1. The Labute approximate surface area is 151 Å². The highest BCUT2D eigenvalue weighted by atomic mass is 16.5. The van der Waals surface area contributed by atoms with Crippen LogP contribution in [0.15, 0.2) is 83.3 Å². The summed E-state index contributed by atoms with van der Waals surface area (Å²) in [7, 11) is 0. The smallest absolute Gasteiger partial charge is 0.291 e. The molecule has 0 aliphatic heterocycles. The number of ether oxygens (including phenoxy) is 1. The van der Waals surface area contributed by atoms with Gasteiger partial charge in [-0.1, -0.05) is 48.0 Å². The van der Waals surface area contributed by atoms with E-state index < -0.39 is 0 Å². The number of carbonyl (C=O) groups is 1. The lowest BCUT2D eigenvalue weighted by atomic mass is 10.2. The predicted octanol–water partition coefficient (Wildman–Crippen LogP) is 5.79. The third-order valence-electron chi connectivity index (χ3n) is 4.03. The topological polar surface area (TPSA) is 51.5 Å². The number of hydrogen-bond acceptors (Lipinski definition) is 3. The summed E-state index contributed by atoms with van der Waals surface area (Å²) in [5.41, 5.74) is 2.42. The molecule has 0 atom stereocenters. The highest BCUT2D eigenvalue weighted by molar-refractivity contribution is 6.05. The minimum atomic E-state index is -0.318. The van der Waals surface area contributed by atoms with Crippen LogP contribution in [0.1, 0.15) is 16.1 Å². The Kier molecular flexibility index (Phi) is 4.15. The summed E-state index contributed by atoms with van der Waals surface area (Å²) in [6.07, 6.45) is 0. The highest BCUT2D eigenvalue weighted by Gasteiger charge is 2.14. The summed E-state index contributed by atoms with van der Waals surface area (Å²) in [6.45, 7) is 2.02.